The lowest BCUT2D eigenvalue weighted by Gasteiger charge is -2.40. The van der Waals surface area contributed by atoms with E-state index in [0.29, 0.717) is 19.3 Å². The van der Waals surface area contributed by atoms with Gasteiger partial charge in [-0.25, -0.2) is 4.79 Å². The van der Waals surface area contributed by atoms with Crippen LogP contribution in [-0.4, -0.2) is 89.2 Å². The van der Waals surface area contributed by atoms with Crippen LogP contribution in [0, 0.1) is 0 Å². The molecule has 0 bridgehead atoms. The van der Waals surface area contributed by atoms with Gasteiger partial charge in [-0.15, -0.1) is 0 Å². The minimum absolute atomic E-state index is 0.0440. The zero-order chi connectivity index (χ0) is 53.3. The lowest BCUT2D eigenvalue weighted by Crippen LogP contribution is -2.61. The number of hydrogen-bond donors (Lipinski definition) is 3. The Morgan fingerprint density at radius 3 is 1.34 bits per heavy atom. The first-order valence-electron chi connectivity index (χ1n) is 29.3. The van der Waals surface area contributed by atoms with Gasteiger partial charge in [-0.1, -0.05) is 210 Å². The number of hydrogen-bond acceptors (Lipinski definition) is 11. The number of carboxylic acids is 1. The van der Waals surface area contributed by atoms with E-state index in [1.807, 2.05) is 0 Å². The molecule has 3 N–H and O–H groups in total. The number of ether oxygens (including phenoxy) is 5. The Bertz CT molecular complexity index is 1500. The molecule has 1 aliphatic rings. The molecule has 0 saturated carbocycles. The summed E-state index contributed by atoms with van der Waals surface area (Å²) in [5.74, 6) is -3.14. The maximum atomic E-state index is 13.1. The minimum Gasteiger partial charge on any atom is -0.479 e. The molecule has 0 amide bonds. The average Bonchev–Trinajstić information content (AvgIpc) is 3.37. The fraction of sp³-hybridized carbons (Fsp3) is 0.770. The van der Waals surface area contributed by atoms with Crippen molar-refractivity contribution < 1.29 is 58.2 Å². The summed E-state index contributed by atoms with van der Waals surface area (Å²) in [4.78, 5) is 51.0. The van der Waals surface area contributed by atoms with Gasteiger partial charge in [0.05, 0.1) is 6.61 Å². The fourth-order valence-electron chi connectivity index (χ4n) is 8.59. The largest absolute Gasteiger partial charge is 0.479 e. The van der Waals surface area contributed by atoms with Crippen LogP contribution in [0.2, 0.25) is 0 Å². The Balaban J connectivity index is 2.68. The highest BCUT2D eigenvalue weighted by atomic mass is 16.7. The predicted octanol–water partition coefficient (Wildman–Crippen LogP) is 14.8. The van der Waals surface area contributed by atoms with Gasteiger partial charge in [0.25, 0.3) is 0 Å². The number of carbonyl (C=O) groups is 4. The van der Waals surface area contributed by atoms with Crippen molar-refractivity contribution in [3.8, 4) is 0 Å². The fourth-order valence-corrected chi connectivity index (χ4v) is 8.59. The summed E-state index contributed by atoms with van der Waals surface area (Å²) in [6.45, 7) is 5.84. The molecule has 0 aromatic heterocycles. The number of esters is 3. The molecule has 1 heterocycles. The van der Waals surface area contributed by atoms with Gasteiger partial charge in [-0.2, -0.15) is 0 Å². The third kappa shape index (κ3) is 39.5. The second-order valence-electron chi connectivity index (χ2n) is 19.9. The number of aliphatic hydroxyl groups excluding tert-OH is 2. The summed E-state index contributed by atoms with van der Waals surface area (Å²) >= 11 is 0. The van der Waals surface area contributed by atoms with Gasteiger partial charge >= 0.3 is 23.9 Å². The SMILES string of the molecule is CC/C=C\C/C=C\C/C=C\CCCCCCCCCC(=O)OCC(COC1OC(C(=O)O)C(O)C(O)C1OC(=O)CCCCCCC/C=C\C/C=C\CCCCC)OC(=O)CCCCCCCCCCCCC. The molecule has 6 atom stereocenters. The Labute approximate surface area is 443 Å². The van der Waals surface area contributed by atoms with Crippen molar-refractivity contribution in [1.82, 2.24) is 0 Å². The van der Waals surface area contributed by atoms with Crippen LogP contribution < -0.4 is 0 Å². The molecule has 73 heavy (non-hydrogen) atoms. The number of aliphatic carboxylic acids is 1. The van der Waals surface area contributed by atoms with Crippen LogP contribution in [0.4, 0.5) is 0 Å². The van der Waals surface area contributed by atoms with Gasteiger partial charge in [-0.3, -0.25) is 14.4 Å². The second kappa shape index (κ2) is 49.3. The highest BCUT2D eigenvalue weighted by Gasteiger charge is 2.50. The molecule has 1 fully saturated rings. The van der Waals surface area contributed by atoms with Gasteiger partial charge in [0.2, 0.25) is 0 Å². The second-order valence-corrected chi connectivity index (χ2v) is 19.9. The average molecular weight is 1030 g/mol. The lowest BCUT2D eigenvalue weighted by molar-refractivity contribution is -0.301. The van der Waals surface area contributed by atoms with E-state index in [4.69, 9.17) is 23.7 Å². The molecule has 12 nitrogen and oxygen atoms in total. The van der Waals surface area contributed by atoms with E-state index in [1.165, 1.54) is 77.0 Å². The van der Waals surface area contributed by atoms with E-state index in [2.05, 4.69) is 81.5 Å². The van der Waals surface area contributed by atoms with Crippen LogP contribution in [0.25, 0.3) is 0 Å². The molecule has 6 unspecified atom stereocenters. The summed E-state index contributed by atoms with van der Waals surface area (Å²) in [5.41, 5.74) is 0. The van der Waals surface area contributed by atoms with Crippen LogP contribution in [-0.2, 0) is 42.9 Å². The maximum absolute atomic E-state index is 13.1. The molecule has 0 aliphatic carbocycles. The van der Waals surface area contributed by atoms with Crippen LogP contribution in [0.15, 0.2) is 60.8 Å². The summed E-state index contributed by atoms with van der Waals surface area (Å²) in [6, 6.07) is 0. The zero-order valence-corrected chi connectivity index (χ0v) is 46.1. The van der Waals surface area contributed by atoms with Crippen LogP contribution >= 0.6 is 0 Å². The van der Waals surface area contributed by atoms with E-state index >= 15 is 0 Å². The number of carbonyl (C=O) groups excluding carboxylic acids is 3. The van der Waals surface area contributed by atoms with E-state index in [9.17, 15) is 34.5 Å². The molecule has 1 saturated heterocycles. The molecular weight excluding hydrogens is 925 g/mol. The molecule has 1 rings (SSSR count). The molecule has 0 radical (unpaired) electrons. The monoisotopic (exact) mass is 1030 g/mol. The number of rotatable bonds is 49. The predicted molar refractivity (Wildman–Crippen MR) is 294 cm³/mol. The molecule has 0 spiro atoms. The maximum Gasteiger partial charge on any atom is 0.335 e. The van der Waals surface area contributed by atoms with E-state index in [0.717, 1.165) is 116 Å². The standard InChI is InChI=1S/C61H104O12/c1-4-7-10-13-16-19-22-24-26-27-29-30-33-35-38-41-44-47-53(62)69-50-52(71-54(63)48-45-42-39-36-32-21-18-15-12-9-6-3)51-70-61-59(57(66)56(65)58(73-61)60(67)68)72-55(64)49-46-43-40-37-34-31-28-25-23-20-17-14-11-8-5-2/h7,10,16-17,19-20,24-26,28,52,56-59,61,65-66H,4-6,8-9,11-15,18,21-23,27,29-51H2,1-3H3,(H,67,68)/b10-7-,19-16-,20-17-,26-24-,28-25-. The molecule has 12 heteroatoms. The molecule has 1 aliphatic heterocycles. The summed E-state index contributed by atoms with van der Waals surface area (Å²) < 4.78 is 28.4. The Kier molecular flexibility index (Phi) is 45.5. The first-order valence-corrected chi connectivity index (χ1v) is 29.3. The van der Waals surface area contributed by atoms with Crippen molar-refractivity contribution in [2.45, 2.75) is 289 Å². The Hall–Kier alpha value is -3.58. The summed E-state index contributed by atoms with van der Waals surface area (Å²) in [5, 5.41) is 31.4. The van der Waals surface area contributed by atoms with E-state index in [-0.39, 0.29) is 25.9 Å². The number of allylic oxidation sites excluding steroid dienone is 10. The van der Waals surface area contributed by atoms with Crippen molar-refractivity contribution in [2.24, 2.45) is 0 Å². The van der Waals surface area contributed by atoms with Gasteiger partial charge < -0.3 is 39.0 Å². The molecule has 420 valence electrons. The molecule has 0 aromatic rings. The van der Waals surface area contributed by atoms with Crippen molar-refractivity contribution >= 4 is 23.9 Å². The highest BCUT2D eigenvalue weighted by Crippen LogP contribution is 2.26. The smallest absolute Gasteiger partial charge is 0.335 e. The third-order valence-corrected chi connectivity index (χ3v) is 13.1. The molecule has 0 aromatic carbocycles. The number of aliphatic hydroxyl groups is 2. The van der Waals surface area contributed by atoms with Crippen molar-refractivity contribution in [3.05, 3.63) is 60.8 Å². The highest BCUT2D eigenvalue weighted by molar-refractivity contribution is 5.74. The van der Waals surface area contributed by atoms with E-state index < -0.39 is 67.3 Å². The first-order chi connectivity index (χ1) is 35.6. The number of unbranched alkanes of at least 4 members (excludes halogenated alkanes) is 25. The van der Waals surface area contributed by atoms with Crippen molar-refractivity contribution in [2.75, 3.05) is 13.2 Å². The lowest BCUT2D eigenvalue weighted by atomic mass is 9.98. The van der Waals surface area contributed by atoms with Crippen LogP contribution in [0.1, 0.15) is 252 Å². The topological polar surface area (TPSA) is 175 Å². The van der Waals surface area contributed by atoms with Crippen LogP contribution in [0.3, 0.4) is 0 Å². The third-order valence-electron chi connectivity index (χ3n) is 13.1. The van der Waals surface area contributed by atoms with Gasteiger partial charge in [-0.05, 0) is 83.5 Å². The van der Waals surface area contributed by atoms with Gasteiger partial charge in [0, 0.05) is 19.3 Å². The summed E-state index contributed by atoms with van der Waals surface area (Å²) in [6.07, 6.45) is 47.6. The van der Waals surface area contributed by atoms with E-state index in [1.54, 1.807) is 0 Å². The normalized spacial score (nSPS) is 18.7. The minimum atomic E-state index is -1.91. The van der Waals surface area contributed by atoms with Crippen molar-refractivity contribution in [3.63, 3.8) is 0 Å². The Morgan fingerprint density at radius 1 is 0.466 bits per heavy atom. The molecular formula is C61H104O12. The van der Waals surface area contributed by atoms with Crippen LogP contribution in [0.5, 0.6) is 0 Å². The Morgan fingerprint density at radius 2 is 0.863 bits per heavy atom. The zero-order valence-electron chi connectivity index (χ0n) is 46.1. The summed E-state index contributed by atoms with van der Waals surface area (Å²) in [7, 11) is 0. The number of carboxylic acid groups (broad SMARTS) is 1. The van der Waals surface area contributed by atoms with Crippen molar-refractivity contribution in [1.29, 1.82) is 0 Å². The van der Waals surface area contributed by atoms with Gasteiger partial charge in [0.1, 0.15) is 18.8 Å². The quantitative estimate of drug-likeness (QED) is 0.0228. The first kappa shape index (κ1) is 67.4. The van der Waals surface area contributed by atoms with Gasteiger partial charge in [0.15, 0.2) is 24.6 Å².